The summed E-state index contributed by atoms with van der Waals surface area (Å²) in [6.45, 7) is 2.11. The van der Waals surface area contributed by atoms with Crippen LogP contribution >= 0.6 is 22.7 Å². The summed E-state index contributed by atoms with van der Waals surface area (Å²) < 4.78 is 0. The van der Waals surface area contributed by atoms with Gasteiger partial charge in [0.2, 0.25) is 0 Å². The predicted octanol–water partition coefficient (Wildman–Crippen LogP) is 2.26. The number of hydrogen-bond acceptors (Lipinski definition) is 5. The summed E-state index contributed by atoms with van der Waals surface area (Å²) in [5, 5.41) is 0. The van der Waals surface area contributed by atoms with E-state index in [9.17, 15) is 0 Å². The van der Waals surface area contributed by atoms with Gasteiger partial charge in [-0.05, 0) is 19.1 Å². The van der Waals surface area contributed by atoms with Gasteiger partial charge in [0, 0.05) is 27.2 Å². The Hall–Kier alpha value is -0.750. The SMILES string of the molecule is Cc1ccc(C(Cc2cncs2)NN)s1. The molecule has 0 bridgehead atoms. The van der Waals surface area contributed by atoms with Crippen molar-refractivity contribution < 1.29 is 0 Å². The molecule has 2 aromatic heterocycles. The molecule has 0 radical (unpaired) electrons. The van der Waals surface area contributed by atoms with Crippen LogP contribution in [0.3, 0.4) is 0 Å². The first-order valence-electron chi connectivity index (χ1n) is 4.69. The Balaban J connectivity index is 2.11. The number of thiophene rings is 1. The molecule has 0 aliphatic carbocycles. The van der Waals surface area contributed by atoms with Crippen LogP contribution in [0.1, 0.15) is 20.7 Å². The van der Waals surface area contributed by atoms with E-state index in [1.165, 1.54) is 14.6 Å². The first kappa shape index (κ1) is 10.8. The molecule has 0 amide bonds. The van der Waals surface area contributed by atoms with E-state index >= 15 is 0 Å². The van der Waals surface area contributed by atoms with E-state index in [1.54, 1.807) is 22.7 Å². The van der Waals surface area contributed by atoms with Gasteiger partial charge in [-0.2, -0.15) is 0 Å². The molecule has 0 saturated heterocycles. The summed E-state index contributed by atoms with van der Waals surface area (Å²) in [7, 11) is 0. The maximum Gasteiger partial charge on any atom is 0.0794 e. The van der Waals surface area contributed by atoms with Crippen molar-refractivity contribution in [3.63, 3.8) is 0 Å². The zero-order valence-electron chi connectivity index (χ0n) is 8.43. The molecule has 15 heavy (non-hydrogen) atoms. The summed E-state index contributed by atoms with van der Waals surface area (Å²) in [6, 6.07) is 4.45. The summed E-state index contributed by atoms with van der Waals surface area (Å²) in [6.07, 6.45) is 2.80. The Morgan fingerprint density at radius 1 is 1.53 bits per heavy atom. The quantitative estimate of drug-likeness (QED) is 0.635. The topological polar surface area (TPSA) is 50.9 Å². The van der Waals surface area contributed by atoms with Crippen LogP contribution < -0.4 is 11.3 Å². The largest absolute Gasteiger partial charge is 0.271 e. The molecule has 0 aromatic carbocycles. The van der Waals surface area contributed by atoms with Gasteiger partial charge in [-0.1, -0.05) is 0 Å². The number of aryl methyl sites for hydroxylation is 1. The second kappa shape index (κ2) is 4.85. The highest BCUT2D eigenvalue weighted by Crippen LogP contribution is 2.25. The third kappa shape index (κ3) is 2.63. The zero-order chi connectivity index (χ0) is 10.7. The molecule has 2 heterocycles. The van der Waals surface area contributed by atoms with Crippen molar-refractivity contribution in [1.29, 1.82) is 0 Å². The molecule has 0 spiro atoms. The average Bonchev–Trinajstić information content (AvgIpc) is 2.85. The maximum absolute atomic E-state index is 5.57. The zero-order valence-corrected chi connectivity index (χ0v) is 10.1. The van der Waals surface area contributed by atoms with E-state index in [2.05, 4.69) is 29.5 Å². The number of thiazole rings is 1. The number of aromatic nitrogens is 1. The highest BCUT2D eigenvalue weighted by atomic mass is 32.1. The molecule has 2 aromatic rings. The molecule has 5 heteroatoms. The molecular weight excluding hydrogens is 226 g/mol. The summed E-state index contributed by atoms with van der Waals surface area (Å²) in [5.74, 6) is 5.57. The minimum atomic E-state index is 0.198. The molecule has 0 aliphatic rings. The van der Waals surface area contributed by atoms with Crippen molar-refractivity contribution in [2.24, 2.45) is 5.84 Å². The smallest absolute Gasteiger partial charge is 0.0794 e. The van der Waals surface area contributed by atoms with Crippen LogP contribution in [0.4, 0.5) is 0 Å². The molecule has 3 nitrogen and oxygen atoms in total. The van der Waals surface area contributed by atoms with E-state index in [0.717, 1.165) is 6.42 Å². The lowest BCUT2D eigenvalue weighted by Crippen LogP contribution is -2.28. The normalized spacial score (nSPS) is 12.9. The van der Waals surface area contributed by atoms with Gasteiger partial charge in [-0.3, -0.25) is 16.3 Å². The van der Waals surface area contributed by atoms with Gasteiger partial charge in [-0.25, -0.2) is 0 Å². The number of hydrogen-bond donors (Lipinski definition) is 2. The highest BCUT2D eigenvalue weighted by molar-refractivity contribution is 7.12. The fraction of sp³-hybridized carbons (Fsp3) is 0.300. The predicted molar refractivity (Wildman–Crippen MR) is 64.9 cm³/mol. The average molecular weight is 239 g/mol. The van der Waals surface area contributed by atoms with Gasteiger partial charge in [0.15, 0.2) is 0 Å². The number of hydrazine groups is 1. The number of nitrogens with zero attached hydrogens (tertiary/aromatic N) is 1. The summed E-state index contributed by atoms with van der Waals surface area (Å²) in [5.41, 5.74) is 4.71. The molecule has 0 aliphatic heterocycles. The van der Waals surface area contributed by atoms with Crippen LogP contribution in [0.25, 0.3) is 0 Å². The fourth-order valence-electron chi connectivity index (χ4n) is 1.43. The van der Waals surface area contributed by atoms with E-state index in [0.29, 0.717) is 0 Å². The Bertz CT molecular complexity index is 408. The summed E-state index contributed by atoms with van der Waals surface area (Å²) in [4.78, 5) is 7.91. The van der Waals surface area contributed by atoms with Gasteiger partial charge in [0.1, 0.15) is 0 Å². The van der Waals surface area contributed by atoms with Gasteiger partial charge < -0.3 is 0 Å². The van der Waals surface area contributed by atoms with E-state index in [1.807, 2.05) is 11.7 Å². The second-order valence-corrected chi connectivity index (χ2v) is 5.63. The molecule has 80 valence electrons. The van der Waals surface area contributed by atoms with Crippen LogP contribution in [0.2, 0.25) is 0 Å². The van der Waals surface area contributed by atoms with Crippen molar-refractivity contribution in [3.05, 3.63) is 38.5 Å². The molecule has 1 unspecified atom stereocenters. The molecule has 0 saturated carbocycles. The Morgan fingerprint density at radius 2 is 2.40 bits per heavy atom. The van der Waals surface area contributed by atoms with Crippen LogP contribution in [0.5, 0.6) is 0 Å². The van der Waals surface area contributed by atoms with Crippen LogP contribution in [-0.2, 0) is 6.42 Å². The van der Waals surface area contributed by atoms with Gasteiger partial charge in [-0.15, -0.1) is 22.7 Å². The Kier molecular flexibility index (Phi) is 3.48. The van der Waals surface area contributed by atoms with Crippen molar-refractivity contribution in [2.45, 2.75) is 19.4 Å². The first-order chi connectivity index (χ1) is 7.29. The third-order valence-electron chi connectivity index (χ3n) is 2.19. The van der Waals surface area contributed by atoms with Crippen molar-refractivity contribution in [3.8, 4) is 0 Å². The standard InChI is InChI=1S/C10H13N3S2/c1-7-2-3-10(15-7)9(13-11)4-8-5-12-6-14-8/h2-3,5-6,9,13H,4,11H2,1H3. The minimum Gasteiger partial charge on any atom is -0.271 e. The van der Waals surface area contributed by atoms with Crippen LogP contribution in [-0.4, -0.2) is 4.98 Å². The fourth-order valence-corrected chi connectivity index (χ4v) is 3.01. The Morgan fingerprint density at radius 3 is 2.93 bits per heavy atom. The Labute approximate surface area is 96.9 Å². The van der Waals surface area contributed by atoms with Crippen molar-refractivity contribution >= 4 is 22.7 Å². The molecule has 1 atom stereocenters. The molecular formula is C10H13N3S2. The molecule has 0 fully saturated rings. The third-order valence-corrected chi connectivity index (χ3v) is 4.11. The number of nitrogens with two attached hydrogens (primary N) is 1. The lowest BCUT2D eigenvalue weighted by atomic mass is 10.1. The van der Waals surface area contributed by atoms with Gasteiger partial charge in [0.05, 0.1) is 11.6 Å². The number of rotatable bonds is 4. The summed E-state index contributed by atoms with van der Waals surface area (Å²) >= 11 is 3.45. The van der Waals surface area contributed by atoms with Gasteiger partial charge >= 0.3 is 0 Å². The first-order valence-corrected chi connectivity index (χ1v) is 6.39. The second-order valence-electron chi connectivity index (χ2n) is 3.34. The van der Waals surface area contributed by atoms with E-state index in [4.69, 9.17) is 5.84 Å². The van der Waals surface area contributed by atoms with Gasteiger partial charge in [0.25, 0.3) is 0 Å². The minimum absolute atomic E-state index is 0.198. The monoisotopic (exact) mass is 239 g/mol. The lowest BCUT2D eigenvalue weighted by Gasteiger charge is -2.12. The van der Waals surface area contributed by atoms with Crippen LogP contribution in [0.15, 0.2) is 23.8 Å². The van der Waals surface area contributed by atoms with E-state index in [-0.39, 0.29) is 6.04 Å². The maximum atomic E-state index is 5.57. The highest BCUT2D eigenvalue weighted by Gasteiger charge is 2.13. The molecule has 3 N–H and O–H groups in total. The van der Waals surface area contributed by atoms with E-state index < -0.39 is 0 Å². The molecule has 2 rings (SSSR count). The van der Waals surface area contributed by atoms with Crippen molar-refractivity contribution in [2.75, 3.05) is 0 Å². The number of nitrogens with one attached hydrogen (secondary N) is 1. The van der Waals surface area contributed by atoms with Crippen LogP contribution in [0, 0.1) is 6.92 Å². The lowest BCUT2D eigenvalue weighted by molar-refractivity contribution is 0.564. The van der Waals surface area contributed by atoms with Crippen molar-refractivity contribution in [1.82, 2.24) is 10.4 Å².